The SMILES string of the molecule is COc1cccc(C(=O)NCC(C)CCl)c1O. The molecule has 94 valence electrons. The monoisotopic (exact) mass is 257 g/mol. The van der Waals surface area contributed by atoms with Gasteiger partial charge in [0.2, 0.25) is 0 Å². The Bertz CT molecular complexity index is 395. The molecule has 17 heavy (non-hydrogen) atoms. The van der Waals surface area contributed by atoms with Gasteiger partial charge in [0, 0.05) is 12.4 Å². The van der Waals surface area contributed by atoms with Crippen LogP contribution in [-0.2, 0) is 0 Å². The first-order chi connectivity index (χ1) is 8.10. The van der Waals surface area contributed by atoms with Crippen molar-refractivity contribution in [1.29, 1.82) is 0 Å². The number of nitrogens with one attached hydrogen (secondary N) is 1. The van der Waals surface area contributed by atoms with E-state index in [-0.39, 0.29) is 28.9 Å². The van der Waals surface area contributed by atoms with E-state index in [4.69, 9.17) is 16.3 Å². The summed E-state index contributed by atoms with van der Waals surface area (Å²) in [5, 5.41) is 12.5. The maximum atomic E-state index is 11.8. The van der Waals surface area contributed by atoms with E-state index in [9.17, 15) is 9.90 Å². The minimum atomic E-state index is -0.335. The highest BCUT2D eigenvalue weighted by atomic mass is 35.5. The van der Waals surface area contributed by atoms with Crippen molar-refractivity contribution in [2.75, 3.05) is 19.5 Å². The van der Waals surface area contributed by atoms with Crippen LogP contribution in [0, 0.1) is 5.92 Å². The van der Waals surface area contributed by atoms with E-state index in [0.717, 1.165) is 0 Å². The summed E-state index contributed by atoms with van der Waals surface area (Å²) >= 11 is 5.64. The maximum Gasteiger partial charge on any atom is 0.255 e. The normalized spacial score (nSPS) is 11.9. The van der Waals surface area contributed by atoms with Gasteiger partial charge < -0.3 is 15.2 Å². The first kappa shape index (κ1) is 13.6. The Morgan fingerprint density at radius 3 is 2.88 bits per heavy atom. The Hall–Kier alpha value is -1.42. The number of para-hydroxylation sites is 1. The summed E-state index contributed by atoms with van der Waals surface area (Å²) in [7, 11) is 1.44. The zero-order valence-electron chi connectivity index (χ0n) is 9.87. The number of phenolic OH excluding ortho intramolecular Hbond substituents is 1. The predicted octanol–water partition coefficient (Wildman–Crippen LogP) is 2.01. The number of methoxy groups -OCH3 is 1. The average molecular weight is 258 g/mol. The number of carbonyl (C=O) groups is 1. The molecule has 1 unspecified atom stereocenters. The number of alkyl halides is 1. The van der Waals surface area contributed by atoms with Crippen molar-refractivity contribution >= 4 is 17.5 Å². The lowest BCUT2D eigenvalue weighted by atomic mass is 10.1. The van der Waals surface area contributed by atoms with Gasteiger partial charge in [-0.25, -0.2) is 0 Å². The van der Waals surface area contributed by atoms with Crippen molar-refractivity contribution in [3.63, 3.8) is 0 Å². The number of phenols is 1. The topological polar surface area (TPSA) is 58.6 Å². The lowest BCUT2D eigenvalue weighted by molar-refractivity contribution is 0.0946. The van der Waals surface area contributed by atoms with Gasteiger partial charge in [0.15, 0.2) is 11.5 Å². The van der Waals surface area contributed by atoms with Crippen molar-refractivity contribution in [3.05, 3.63) is 23.8 Å². The molecule has 0 aliphatic carbocycles. The van der Waals surface area contributed by atoms with Gasteiger partial charge in [-0.15, -0.1) is 11.6 Å². The van der Waals surface area contributed by atoms with Gasteiger partial charge in [-0.3, -0.25) is 4.79 Å². The third kappa shape index (κ3) is 3.53. The predicted molar refractivity (Wildman–Crippen MR) is 66.9 cm³/mol. The Morgan fingerprint density at radius 2 is 2.29 bits per heavy atom. The molecule has 1 aromatic carbocycles. The Kier molecular flexibility index (Phi) is 5.10. The molecule has 0 aromatic heterocycles. The molecule has 1 rings (SSSR count). The number of amides is 1. The summed E-state index contributed by atoms with van der Waals surface area (Å²) in [6.07, 6.45) is 0. The molecule has 5 heteroatoms. The van der Waals surface area contributed by atoms with Crippen LogP contribution in [-0.4, -0.2) is 30.5 Å². The smallest absolute Gasteiger partial charge is 0.255 e. The minimum absolute atomic E-state index is 0.147. The summed E-state index contributed by atoms with van der Waals surface area (Å²) in [6.45, 7) is 2.40. The maximum absolute atomic E-state index is 11.8. The van der Waals surface area contributed by atoms with Crippen molar-refractivity contribution < 1.29 is 14.6 Å². The molecule has 0 radical (unpaired) electrons. The van der Waals surface area contributed by atoms with Gasteiger partial charge in [0.1, 0.15) is 0 Å². The molecular weight excluding hydrogens is 242 g/mol. The molecule has 0 spiro atoms. The summed E-state index contributed by atoms with van der Waals surface area (Å²) < 4.78 is 4.93. The van der Waals surface area contributed by atoms with Gasteiger partial charge in [-0.2, -0.15) is 0 Å². The fourth-order valence-electron chi connectivity index (χ4n) is 1.29. The largest absolute Gasteiger partial charge is 0.504 e. The minimum Gasteiger partial charge on any atom is -0.504 e. The number of benzene rings is 1. The lowest BCUT2D eigenvalue weighted by Crippen LogP contribution is -2.28. The van der Waals surface area contributed by atoms with Crippen LogP contribution in [0.3, 0.4) is 0 Å². The molecule has 1 atom stereocenters. The summed E-state index contributed by atoms with van der Waals surface area (Å²) in [5.41, 5.74) is 0.200. The highest BCUT2D eigenvalue weighted by Crippen LogP contribution is 2.29. The zero-order chi connectivity index (χ0) is 12.8. The van der Waals surface area contributed by atoms with Gasteiger partial charge in [-0.05, 0) is 18.1 Å². The quantitative estimate of drug-likeness (QED) is 0.794. The Balaban J connectivity index is 2.75. The summed E-state index contributed by atoms with van der Waals surface area (Å²) in [4.78, 5) is 11.8. The van der Waals surface area contributed by atoms with E-state index in [0.29, 0.717) is 12.4 Å². The summed E-state index contributed by atoms with van der Waals surface area (Å²) in [5.74, 6) is 0.463. The molecule has 4 nitrogen and oxygen atoms in total. The number of carbonyl (C=O) groups excluding carboxylic acids is 1. The molecule has 0 aliphatic rings. The second-order valence-electron chi connectivity index (χ2n) is 3.83. The third-order valence-corrected chi connectivity index (χ3v) is 2.86. The Labute approximate surface area is 106 Å². The molecule has 1 aromatic rings. The standard InChI is InChI=1S/C12H16ClNO3/c1-8(6-13)7-14-12(16)9-4-3-5-10(17-2)11(9)15/h3-5,8,15H,6-7H2,1-2H3,(H,14,16). The van der Waals surface area contributed by atoms with Crippen molar-refractivity contribution in [2.45, 2.75) is 6.92 Å². The third-order valence-electron chi connectivity index (χ3n) is 2.34. The number of hydrogen-bond donors (Lipinski definition) is 2. The Morgan fingerprint density at radius 1 is 1.59 bits per heavy atom. The van der Waals surface area contributed by atoms with Gasteiger partial charge in [-0.1, -0.05) is 13.0 Å². The zero-order valence-corrected chi connectivity index (χ0v) is 10.6. The highest BCUT2D eigenvalue weighted by Gasteiger charge is 2.14. The second-order valence-corrected chi connectivity index (χ2v) is 4.13. The second kappa shape index (κ2) is 6.35. The van der Waals surface area contributed by atoms with Gasteiger partial charge >= 0.3 is 0 Å². The highest BCUT2D eigenvalue weighted by molar-refractivity contribution is 6.18. The molecule has 0 saturated heterocycles. The number of halogens is 1. The van der Waals surface area contributed by atoms with Crippen LogP contribution in [0.5, 0.6) is 11.5 Å². The van der Waals surface area contributed by atoms with Crippen LogP contribution >= 0.6 is 11.6 Å². The first-order valence-corrected chi connectivity index (χ1v) is 5.83. The number of rotatable bonds is 5. The van der Waals surface area contributed by atoms with E-state index >= 15 is 0 Å². The van der Waals surface area contributed by atoms with E-state index in [1.54, 1.807) is 18.2 Å². The average Bonchev–Trinajstić information content (AvgIpc) is 2.35. The number of hydrogen-bond acceptors (Lipinski definition) is 3. The van der Waals surface area contributed by atoms with Gasteiger partial charge in [0.05, 0.1) is 12.7 Å². The van der Waals surface area contributed by atoms with Crippen molar-refractivity contribution in [2.24, 2.45) is 5.92 Å². The molecule has 2 N–H and O–H groups in total. The molecule has 0 saturated carbocycles. The van der Waals surface area contributed by atoms with Crippen molar-refractivity contribution in [1.82, 2.24) is 5.32 Å². The molecule has 0 fully saturated rings. The number of aromatic hydroxyl groups is 1. The van der Waals surface area contributed by atoms with Crippen LogP contribution in [0.25, 0.3) is 0 Å². The van der Waals surface area contributed by atoms with E-state index in [1.807, 2.05) is 6.92 Å². The molecule has 0 heterocycles. The van der Waals surface area contributed by atoms with Crippen molar-refractivity contribution in [3.8, 4) is 11.5 Å². The van der Waals surface area contributed by atoms with Gasteiger partial charge in [0.25, 0.3) is 5.91 Å². The molecule has 0 aliphatic heterocycles. The van der Waals surface area contributed by atoms with Crippen LogP contribution in [0.4, 0.5) is 0 Å². The fraction of sp³-hybridized carbons (Fsp3) is 0.417. The van der Waals surface area contributed by atoms with E-state index < -0.39 is 0 Å². The van der Waals surface area contributed by atoms with E-state index in [1.165, 1.54) is 7.11 Å². The van der Waals surface area contributed by atoms with Crippen LogP contribution in [0.15, 0.2) is 18.2 Å². The van der Waals surface area contributed by atoms with Crippen LogP contribution < -0.4 is 10.1 Å². The van der Waals surface area contributed by atoms with Crippen LogP contribution in [0.2, 0.25) is 0 Å². The number of ether oxygens (including phenoxy) is 1. The summed E-state index contributed by atoms with van der Waals surface area (Å²) in [6, 6.07) is 4.78. The van der Waals surface area contributed by atoms with E-state index in [2.05, 4.69) is 5.32 Å². The molecule has 0 bridgehead atoms. The molecular formula is C12H16ClNO3. The molecule has 1 amide bonds. The first-order valence-electron chi connectivity index (χ1n) is 5.30. The lowest BCUT2D eigenvalue weighted by Gasteiger charge is -2.11. The fourth-order valence-corrected chi connectivity index (χ4v) is 1.40. The van der Waals surface area contributed by atoms with Crippen LogP contribution in [0.1, 0.15) is 17.3 Å².